The Kier molecular flexibility index (Phi) is 6.91. The van der Waals surface area contributed by atoms with Gasteiger partial charge in [0.1, 0.15) is 5.75 Å². The van der Waals surface area contributed by atoms with Crippen molar-refractivity contribution in [2.75, 3.05) is 18.0 Å². The van der Waals surface area contributed by atoms with Crippen molar-refractivity contribution >= 4 is 47.1 Å². The maximum atomic E-state index is 12.0. The first-order valence-corrected chi connectivity index (χ1v) is 10.5. The molecule has 2 saturated heterocycles. The highest BCUT2D eigenvalue weighted by Crippen LogP contribution is 2.39. The van der Waals surface area contributed by atoms with Crippen molar-refractivity contribution in [2.45, 2.75) is 50.7 Å². The third-order valence-corrected chi connectivity index (χ3v) is 6.14. The van der Waals surface area contributed by atoms with E-state index in [9.17, 15) is 9.59 Å². The van der Waals surface area contributed by atoms with Crippen LogP contribution in [0.2, 0.25) is 0 Å². The highest BCUT2D eigenvalue weighted by atomic mass is 35.5. The number of thioether (sulfide) groups is 1. The second-order valence-corrected chi connectivity index (χ2v) is 8.43. The largest absolute Gasteiger partial charge is 0.488 e. The van der Waals surface area contributed by atoms with Crippen molar-refractivity contribution in [1.29, 1.82) is 0 Å². The Hall–Kier alpha value is -1.70. The van der Waals surface area contributed by atoms with Crippen LogP contribution < -0.4 is 20.7 Å². The van der Waals surface area contributed by atoms with Crippen LogP contribution in [0.3, 0.4) is 0 Å². The minimum Gasteiger partial charge on any atom is -0.488 e. The number of amides is 2. The zero-order valence-corrected chi connectivity index (χ0v) is 17.3. The van der Waals surface area contributed by atoms with Gasteiger partial charge in [-0.3, -0.25) is 14.9 Å². The summed E-state index contributed by atoms with van der Waals surface area (Å²) >= 11 is 0.941. The Morgan fingerprint density at radius 3 is 2.64 bits per heavy atom. The van der Waals surface area contributed by atoms with Crippen LogP contribution in [-0.4, -0.2) is 36.4 Å². The van der Waals surface area contributed by atoms with Crippen LogP contribution >= 0.6 is 24.2 Å². The van der Waals surface area contributed by atoms with Gasteiger partial charge in [0.2, 0.25) is 0 Å². The van der Waals surface area contributed by atoms with Crippen LogP contribution in [0.4, 0.5) is 10.5 Å². The fourth-order valence-corrected chi connectivity index (χ4v) is 4.72. The Balaban J connectivity index is 0.00000225. The van der Waals surface area contributed by atoms with Gasteiger partial charge in [-0.15, -0.1) is 12.4 Å². The molecule has 1 aromatic rings. The molecule has 3 N–H and O–H groups in total. The summed E-state index contributed by atoms with van der Waals surface area (Å²) < 4.78 is 6.36. The number of nitrogens with two attached hydrogens (primary N) is 1. The van der Waals surface area contributed by atoms with Gasteiger partial charge in [-0.25, -0.2) is 0 Å². The molecule has 2 amide bonds. The number of para-hydroxylation sites is 1. The summed E-state index contributed by atoms with van der Waals surface area (Å²) in [6.07, 6.45) is 8.66. The first-order valence-electron chi connectivity index (χ1n) is 9.65. The fraction of sp³-hybridized carbons (Fsp3) is 0.500. The van der Waals surface area contributed by atoms with Gasteiger partial charge in [-0.2, -0.15) is 0 Å². The van der Waals surface area contributed by atoms with E-state index in [2.05, 4.69) is 10.2 Å². The van der Waals surface area contributed by atoms with E-state index in [1.54, 1.807) is 6.08 Å². The Labute approximate surface area is 175 Å². The quantitative estimate of drug-likeness (QED) is 0.718. The molecule has 0 spiro atoms. The summed E-state index contributed by atoms with van der Waals surface area (Å²) in [7, 11) is 0. The summed E-state index contributed by atoms with van der Waals surface area (Å²) in [5.74, 6) is 0.508. The zero-order valence-electron chi connectivity index (χ0n) is 15.7. The number of rotatable bonds is 4. The summed E-state index contributed by atoms with van der Waals surface area (Å²) in [5.41, 5.74) is 8.10. The van der Waals surface area contributed by atoms with Crippen molar-refractivity contribution in [2.24, 2.45) is 5.73 Å². The summed E-state index contributed by atoms with van der Waals surface area (Å²) in [6, 6.07) is 6.05. The molecule has 1 saturated carbocycles. The van der Waals surface area contributed by atoms with Crippen LogP contribution in [0, 0.1) is 0 Å². The van der Waals surface area contributed by atoms with Crippen molar-refractivity contribution in [1.82, 2.24) is 5.32 Å². The number of halogens is 1. The Morgan fingerprint density at radius 1 is 1.18 bits per heavy atom. The van der Waals surface area contributed by atoms with E-state index in [0.717, 1.165) is 67.5 Å². The minimum absolute atomic E-state index is 0. The molecule has 3 fully saturated rings. The molecule has 4 rings (SSSR count). The highest BCUT2D eigenvalue weighted by Gasteiger charge is 2.28. The van der Waals surface area contributed by atoms with Crippen LogP contribution in [0.25, 0.3) is 6.08 Å². The van der Waals surface area contributed by atoms with E-state index in [-0.39, 0.29) is 35.7 Å². The monoisotopic (exact) mass is 423 g/mol. The normalized spacial score (nSPS) is 24.4. The molecular weight excluding hydrogens is 398 g/mol. The lowest BCUT2D eigenvalue weighted by Gasteiger charge is -2.35. The van der Waals surface area contributed by atoms with Gasteiger partial charge >= 0.3 is 0 Å². The van der Waals surface area contributed by atoms with Crippen molar-refractivity contribution < 1.29 is 14.3 Å². The second kappa shape index (κ2) is 9.20. The molecule has 0 radical (unpaired) electrons. The molecule has 8 heteroatoms. The number of hydrogen-bond acceptors (Lipinski definition) is 6. The van der Waals surface area contributed by atoms with E-state index in [1.807, 2.05) is 18.2 Å². The average molecular weight is 424 g/mol. The number of carbonyl (C=O) groups excluding carboxylic acids is 2. The SMILES string of the molecule is Cl.N[C@@H]1CCCN(c2c(C=C3SC(=O)NC3=O)cccc2OC2CCCC2)C1. The summed E-state index contributed by atoms with van der Waals surface area (Å²) in [6.45, 7) is 1.67. The molecule has 0 unspecified atom stereocenters. The third-order valence-electron chi connectivity index (χ3n) is 5.33. The summed E-state index contributed by atoms with van der Waals surface area (Å²) in [4.78, 5) is 26.2. The molecule has 1 aromatic carbocycles. The van der Waals surface area contributed by atoms with E-state index in [1.165, 1.54) is 12.8 Å². The van der Waals surface area contributed by atoms with Crippen molar-refractivity contribution in [3.05, 3.63) is 28.7 Å². The molecule has 2 aliphatic heterocycles. The smallest absolute Gasteiger partial charge is 0.290 e. The summed E-state index contributed by atoms with van der Waals surface area (Å²) in [5, 5.41) is 1.99. The van der Waals surface area contributed by atoms with Crippen LogP contribution in [0.5, 0.6) is 5.75 Å². The van der Waals surface area contributed by atoms with Gasteiger partial charge < -0.3 is 15.4 Å². The first kappa shape index (κ1) is 21.0. The first-order chi connectivity index (χ1) is 13.1. The number of imide groups is 1. The Morgan fingerprint density at radius 2 is 1.96 bits per heavy atom. The van der Waals surface area contributed by atoms with E-state index in [4.69, 9.17) is 10.5 Å². The van der Waals surface area contributed by atoms with Gasteiger partial charge in [0.15, 0.2) is 0 Å². The lowest BCUT2D eigenvalue weighted by molar-refractivity contribution is -0.115. The fourth-order valence-electron chi connectivity index (χ4n) is 4.05. The van der Waals surface area contributed by atoms with Crippen molar-refractivity contribution in [3.8, 4) is 5.75 Å². The number of nitrogens with zero attached hydrogens (tertiary/aromatic N) is 1. The maximum Gasteiger partial charge on any atom is 0.290 e. The lowest BCUT2D eigenvalue weighted by Crippen LogP contribution is -2.43. The van der Waals surface area contributed by atoms with E-state index in [0.29, 0.717) is 4.91 Å². The van der Waals surface area contributed by atoms with E-state index >= 15 is 0 Å². The Bertz CT molecular complexity index is 780. The molecular formula is C20H26ClN3O3S. The standard InChI is InChI=1S/C20H25N3O3S.ClH/c21-14-6-4-10-23(12-14)18-13(11-17-19(24)22-20(25)27-17)5-3-9-16(18)26-15-7-1-2-8-15;/h3,5,9,11,14-15H,1-2,4,6-8,10,12,21H2,(H,22,24,25);1H/t14-;/m1./s1. The number of hydrogen-bond donors (Lipinski definition) is 2. The molecule has 2 heterocycles. The minimum atomic E-state index is -0.339. The van der Waals surface area contributed by atoms with Crippen LogP contribution in [0.15, 0.2) is 23.1 Å². The van der Waals surface area contributed by atoms with Gasteiger partial charge in [0, 0.05) is 24.7 Å². The zero-order chi connectivity index (χ0) is 18.8. The number of piperidine rings is 1. The molecule has 1 aliphatic carbocycles. The maximum absolute atomic E-state index is 12.0. The van der Waals surface area contributed by atoms with Gasteiger partial charge in [-0.1, -0.05) is 12.1 Å². The van der Waals surface area contributed by atoms with Gasteiger partial charge in [-0.05, 0) is 62.4 Å². The molecule has 152 valence electrons. The number of ether oxygens (including phenoxy) is 1. The highest BCUT2D eigenvalue weighted by molar-refractivity contribution is 8.18. The van der Waals surface area contributed by atoms with E-state index < -0.39 is 0 Å². The van der Waals surface area contributed by atoms with Gasteiger partial charge in [0.05, 0.1) is 16.7 Å². The number of carbonyl (C=O) groups is 2. The second-order valence-electron chi connectivity index (χ2n) is 7.42. The third kappa shape index (κ3) is 4.64. The average Bonchev–Trinajstić information content (AvgIpc) is 3.25. The molecule has 28 heavy (non-hydrogen) atoms. The van der Waals surface area contributed by atoms with Gasteiger partial charge in [0.25, 0.3) is 11.1 Å². The van der Waals surface area contributed by atoms with Crippen LogP contribution in [-0.2, 0) is 4.79 Å². The predicted octanol–water partition coefficient (Wildman–Crippen LogP) is 3.68. The van der Waals surface area contributed by atoms with Crippen molar-refractivity contribution in [3.63, 3.8) is 0 Å². The molecule has 0 aromatic heterocycles. The molecule has 6 nitrogen and oxygen atoms in total. The van der Waals surface area contributed by atoms with Crippen LogP contribution in [0.1, 0.15) is 44.1 Å². The molecule has 3 aliphatic rings. The predicted molar refractivity (Wildman–Crippen MR) is 115 cm³/mol. The number of nitrogens with one attached hydrogen (secondary N) is 1. The lowest BCUT2D eigenvalue weighted by atomic mass is 10.0. The molecule has 1 atom stereocenters. The topological polar surface area (TPSA) is 84.7 Å². The molecule has 0 bridgehead atoms. The number of anilines is 1. The number of benzene rings is 1.